The van der Waals surface area contributed by atoms with E-state index in [-0.39, 0.29) is 5.91 Å². The van der Waals surface area contributed by atoms with Gasteiger partial charge >= 0.3 is 5.97 Å². The van der Waals surface area contributed by atoms with E-state index in [0.717, 1.165) is 38.8 Å². The fourth-order valence-corrected chi connectivity index (χ4v) is 2.90. The van der Waals surface area contributed by atoms with E-state index in [2.05, 4.69) is 12.2 Å². The molecule has 18 heavy (non-hydrogen) atoms. The number of carbonyl (C=O) groups excluding carboxylic acids is 1. The van der Waals surface area contributed by atoms with Crippen molar-refractivity contribution in [1.82, 2.24) is 10.2 Å². The Morgan fingerprint density at radius 2 is 2.28 bits per heavy atom. The van der Waals surface area contributed by atoms with E-state index in [4.69, 9.17) is 0 Å². The first-order valence-electron chi connectivity index (χ1n) is 6.81. The molecule has 1 aliphatic heterocycles. The lowest BCUT2D eigenvalue weighted by Crippen LogP contribution is -2.45. The maximum Gasteiger partial charge on any atom is 0.311 e. The Kier molecular flexibility index (Phi) is 3.90. The summed E-state index contributed by atoms with van der Waals surface area (Å²) in [5.41, 5.74) is -0.540. The lowest BCUT2D eigenvalue weighted by Gasteiger charge is -2.29. The molecule has 1 saturated heterocycles. The number of hydrogen-bond donors (Lipinski definition) is 2. The number of carboxylic acid groups (broad SMARTS) is 1. The highest BCUT2D eigenvalue weighted by atomic mass is 16.4. The lowest BCUT2D eigenvalue weighted by atomic mass is 9.97. The summed E-state index contributed by atoms with van der Waals surface area (Å²) in [5.74, 6) is -0.332. The third-order valence-corrected chi connectivity index (χ3v) is 4.18. The Morgan fingerprint density at radius 1 is 1.50 bits per heavy atom. The summed E-state index contributed by atoms with van der Waals surface area (Å²) < 4.78 is 0. The highest BCUT2D eigenvalue weighted by Crippen LogP contribution is 2.57. The van der Waals surface area contributed by atoms with Crippen molar-refractivity contribution in [3.05, 3.63) is 0 Å². The van der Waals surface area contributed by atoms with Gasteiger partial charge in [0.05, 0.1) is 12.0 Å². The molecule has 0 aromatic carbocycles. The van der Waals surface area contributed by atoms with Crippen LogP contribution in [0.5, 0.6) is 0 Å². The van der Waals surface area contributed by atoms with E-state index < -0.39 is 11.4 Å². The molecule has 2 atom stereocenters. The second kappa shape index (κ2) is 5.26. The molecule has 2 fully saturated rings. The van der Waals surface area contributed by atoms with Gasteiger partial charge in [0.1, 0.15) is 0 Å². The van der Waals surface area contributed by atoms with Gasteiger partial charge in [-0.2, -0.15) is 0 Å². The molecule has 1 saturated carbocycles. The van der Waals surface area contributed by atoms with Crippen molar-refractivity contribution in [3.63, 3.8) is 0 Å². The topological polar surface area (TPSA) is 69.6 Å². The van der Waals surface area contributed by atoms with Gasteiger partial charge < -0.3 is 10.4 Å². The molecule has 2 aliphatic rings. The molecule has 2 rings (SSSR count). The molecule has 1 aliphatic carbocycles. The maximum absolute atomic E-state index is 11.7. The number of aliphatic carboxylic acids is 1. The third-order valence-electron chi connectivity index (χ3n) is 4.18. The molecule has 0 radical (unpaired) electrons. The van der Waals surface area contributed by atoms with E-state index in [0.29, 0.717) is 19.0 Å². The Bertz CT molecular complexity index is 345. The average Bonchev–Trinajstić information content (AvgIpc) is 3.04. The predicted molar refractivity (Wildman–Crippen MR) is 67.2 cm³/mol. The van der Waals surface area contributed by atoms with Crippen molar-refractivity contribution in [2.24, 2.45) is 11.3 Å². The second-order valence-electron chi connectivity index (χ2n) is 5.57. The number of carboxylic acids is 1. The van der Waals surface area contributed by atoms with Crippen molar-refractivity contribution in [2.75, 3.05) is 26.2 Å². The normalized spacial score (nSPS) is 30.6. The summed E-state index contributed by atoms with van der Waals surface area (Å²) in [4.78, 5) is 24.9. The summed E-state index contributed by atoms with van der Waals surface area (Å²) in [7, 11) is 0. The van der Waals surface area contributed by atoms with Crippen LogP contribution >= 0.6 is 0 Å². The van der Waals surface area contributed by atoms with Crippen LogP contribution in [0.15, 0.2) is 0 Å². The molecule has 5 nitrogen and oxygen atoms in total. The summed E-state index contributed by atoms with van der Waals surface area (Å²) >= 11 is 0. The Morgan fingerprint density at radius 3 is 2.94 bits per heavy atom. The summed E-state index contributed by atoms with van der Waals surface area (Å²) in [6, 6.07) is 0. The number of piperidine rings is 1. The summed E-state index contributed by atoms with van der Waals surface area (Å²) in [6.45, 7) is 4.52. The number of unbranched alkanes of at least 4 members (excludes halogenated alkanes) is 1. The first-order chi connectivity index (χ1) is 8.58. The van der Waals surface area contributed by atoms with E-state index in [9.17, 15) is 14.7 Å². The van der Waals surface area contributed by atoms with Gasteiger partial charge in [-0.05, 0) is 31.7 Å². The molecule has 0 spiro atoms. The molecule has 2 N–H and O–H groups in total. The number of nitrogens with one attached hydrogen (secondary N) is 1. The minimum absolute atomic E-state index is 0.0167. The molecular formula is C13H22N2O3. The van der Waals surface area contributed by atoms with E-state index in [1.165, 1.54) is 0 Å². The van der Waals surface area contributed by atoms with Crippen molar-refractivity contribution in [1.29, 1.82) is 0 Å². The van der Waals surface area contributed by atoms with Gasteiger partial charge in [0.25, 0.3) is 0 Å². The zero-order valence-corrected chi connectivity index (χ0v) is 10.9. The van der Waals surface area contributed by atoms with Gasteiger partial charge in [-0.15, -0.1) is 0 Å². The zero-order chi connectivity index (χ0) is 13.2. The van der Waals surface area contributed by atoms with E-state index in [1.54, 1.807) is 0 Å². The van der Waals surface area contributed by atoms with Gasteiger partial charge in [-0.3, -0.25) is 14.5 Å². The van der Waals surface area contributed by atoms with Crippen molar-refractivity contribution < 1.29 is 14.7 Å². The first kappa shape index (κ1) is 13.3. The number of hydrogen-bond acceptors (Lipinski definition) is 3. The highest BCUT2D eigenvalue weighted by Gasteiger charge is 2.62. The summed E-state index contributed by atoms with van der Waals surface area (Å²) in [6.07, 6.45) is 3.76. The standard InChI is InChI=1S/C13H22N2O3/c1-2-3-5-14-11(16)8-15-6-4-10-7-13(10,9-15)12(17)18/h10H,2-9H2,1H3,(H,14,16)(H,17,18). The quantitative estimate of drug-likeness (QED) is 0.685. The number of rotatable bonds is 6. The number of carbonyl (C=O) groups is 2. The van der Waals surface area contributed by atoms with Crippen molar-refractivity contribution >= 4 is 11.9 Å². The van der Waals surface area contributed by atoms with Crippen molar-refractivity contribution in [3.8, 4) is 0 Å². The highest BCUT2D eigenvalue weighted by molar-refractivity contribution is 5.80. The molecule has 5 heteroatoms. The number of likely N-dealkylation sites (tertiary alicyclic amines) is 1. The minimum Gasteiger partial charge on any atom is -0.481 e. The van der Waals surface area contributed by atoms with Crippen LogP contribution in [0, 0.1) is 11.3 Å². The van der Waals surface area contributed by atoms with Crippen molar-refractivity contribution in [2.45, 2.75) is 32.6 Å². The average molecular weight is 254 g/mol. The SMILES string of the molecule is CCCCNC(=O)CN1CCC2CC2(C(=O)O)C1. The third kappa shape index (κ3) is 2.66. The van der Waals surface area contributed by atoms with Gasteiger partial charge in [0.2, 0.25) is 5.91 Å². The van der Waals surface area contributed by atoms with Crippen LogP contribution in [0.4, 0.5) is 0 Å². The van der Waals surface area contributed by atoms with Crippen LogP contribution in [-0.4, -0.2) is 48.1 Å². The maximum atomic E-state index is 11.7. The van der Waals surface area contributed by atoms with Crippen LogP contribution in [0.2, 0.25) is 0 Å². The van der Waals surface area contributed by atoms with Gasteiger partial charge in [0, 0.05) is 13.1 Å². The van der Waals surface area contributed by atoms with Crippen LogP contribution < -0.4 is 5.32 Å². The molecule has 1 heterocycles. The van der Waals surface area contributed by atoms with Crippen LogP contribution in [0.1, 0.15) is 32.6 Å². The van der Waals surface area contributed by atoms with E-state index in [1.807, 2.05) is 4.90 Å². The number of nitrogens with zero attached hydrogens (tertiary/aromatic N) is 1. The lowest BCUT2D eigenvalue weighted by molar-refractivity contribution is -0.146. The van der Waals surface area contributed by atoms with Gasteiger partial charge in [-0.25, -0.2) is 0 Å². The van der Waals surface area contributed by atoms with Crippen LogP contribution in [-0.2, 0) is 9.59 Å². The molecule has 2 unspecified atom stereocenters. The minimum atomic E-state index is -0.691. The smallest absolute Gasteiger partial charge is 0.311 e. The van der Waals surface area contributed by atoms with Gasteiger partial charge in [-0.1, -0.05) is 13.3 Å². The fourth-order valence-electron chi connectivity index (χ4n) is 2.90. The fraction of sp³-hybridized carbons (Fsp3) is 0.846. The Hall–Kier alpha value is -1.10. The molecular weight excluding hydrogens is 232 g/mol. The number of fused-ring (bicyclic) bond motifs is 1. The largest absolute Gasteiger partial charge is 0.481 e. The monoisotopic (exact) mass is 254 g/mol. The molecule has 0 bridgehead atoms. The predicted octanol–water partition coefficient (Wildman–Crippen LogP) is 0.699. The number of amides is 1. The van der Waals surface area contributed by atoms with Crippen LogP contribution in [0.3, 0.4) is 0 Å². The van der Waals surface area contributed by atoms with E-state index >= 15 is 0 Å². The van der Waals surface area contributed by atoms with Gasteiger partial charge in [0.15, 0.2) is 0 Å². The molecule has 0 aromatic heterocycles. The first-order valence-corrected chi connectivity index (χ1v) is 6.81. The zero-order valence-electron chi connectivity index (χ0n) is 10.9. The molecule has 102 valence electrons. The molecule has 1 amide bonds. The Labute approximate surface area is 108 Å². The second-order valence-corrected chi connectivity index (χ2v) is 5.57. The molecule has 0 aromatic rings. The summed E-state index contributed by atoms with van der Waals surface area (Å²) in [5, 5.41) is 12.1. The van der Waals surface area contributed by atoms with Crippen LogP contribution in [0.25, 0.3) is 0 Å². The Balaban J connectivity index is 1.77.